The minimum atomic E-state index is -4.46. The van der Waals surface area contributed by atoms with Crippen LogP contribution in [0.1, 0.15) is 50.2 Å². The minimum absolute atomic E-state index is 0.0225. The van der Waals surface area contributed by atoms with Gasteiger partial charge in [0.1, 0.15) is 17.3 Å². The van der Waals surface area contributed by atoms with Crippen LogP contribution in [-0.4, -0.2) is 71.8 Å². The molecule has 1 N–H and O–H groups in total. The maximum atomic E-state index is 13.6. The molecule has 3 aromatic heterocycles. The predicted molar refractivity (Wildman–Crippen MR) is 162 cm³/mol. The lowest BCUT2D eigenvalue weighted by atomic mass is 9.94. The third-order valence-corrected chi connectivity index (χ3v) is 12.4. The summed E-state index contributed by atoms with van der Waals surface area (Å²) in [5.74, 6) is -0.320. The Balaban J connectivity index is 1.72. The lowest BCUT2D eigenvalue weighted by molar-refractivity contribution is -0.219. The number of alkyl halides is 3. The molecule has 4 rings (SSSR count). The third-order valence-electron chi connectivity index (χ3n) is 8.10. The summed E-state index contributed by atoms with van der Waals surface area (Å²) < 4.78 is 76.4. The highest BCUT2D eigenvalue weighted by Gasteiger charge is 2.48. The molecule has 44 heavy (non-hydrogen) atoms. The monoisotopic (exact) mass is 655 g/mol. The van der Waals surface area contributed by atoms with Crippen molar-refractivity contribution in [2.45, 2.75) is 82.8 Å². The van der Waals surface area contributed by atoms with Crippen molar-refractivity contribution in [2.75, 3.05) is 18.1 Å². The Bertz CT molecular complexity index is 1660. The van der Waals surface area contributed by atoms with Crippen LogP contribution in [0.4, 0.5) is 19.0 Å². The van der Waals surface area contributed by atoms with Crippen LogP contribution < -0.4 is 14.4 Å². The summed E-state index contributed by atoms with van der Waals surface area (Å²) in [6.07, 6.45) is -0.778. The fourth-order valence-electron chi connectivity index (χ4n) is 5.07. The number of aryl methyl sites for hydroxylation is 2. The zero-order valence-electron chi connectivity index (χ0n) is 26.4. The van der Waals surface area contributed by atoms with Crippen LogP contribution in [0, 0.1) is 12.3 Å². The first-order valence-corrected chi connectivity index (χ1v) is 19.2. The molecule has 242 valence electrons. The van der Waals surface area contributed by atoms with E-state index < -0.39 is 47.7 Å². The number of halogens is 3. The van der Waals surface area contributed by atoms with Crippen LogP contribution in [0.5, 0.6) is 5.88 Å². The number of hydrogen-bond acceptors (Lipinski definition) is 8. The average Bonchev–Trinajstić information content (AvgIpc) is 3.57. The number of ether oxygens (including phenoxy) is 1. The standard InChI is InChI=1S/C28H40F3N7O4SSi/c1-18-21(16-36(6)33-18)43(40,41)35-25(39)20-10-11-22(32-24(20)37-15-19(44(7,8)9)14-27(37,4)5)38-13-12-23(34-38)42-17-26(2,3)28(29,30)31/h10-13,16,19H,14-15,17H2,1-9H3,(H,35,39). The molecule has 1 aliphatic rings. The van der Waals surface area contributed by atoms with Gasteiger partial charge in [-0.2, -0.15) is 18.3 Å². The summed E-state index contributed by atoms with van der Waals surface area (Å²) in [7, 11) is -4.28. The highest BCUT2D eigenvalue weighted by Crippen LogP contribution is 2.44. The van der Waals surface area contributed by atoms with E-state index in [2.05, 4.69) is 48.4 Å². The normalized spacial score (nSPS) is 17.6. The van der Waals surface area contributed by atoms with Crippen molar-refractivity contribution in [3.63, 3.8) is 0 Å². The van der Waals surface area contributed by atoms with E-state index in [0.717, 1.165) is 20.3 Å². The fourth-order valence-corrected chi connectivity index (χ4v) is 8.10. The van der Waals surface area contributed by atoms with Crippen molar-refractivity contribution < 1.29 is 31.1 Å². The summed E-state index contributed by atoms with van der Waals surface area (Å²) in [6, 6.07) is 4.40. The van der Waals surface area contributed by atoms with Crippen molar-refractivity contribution in [2.24, 2.45) is 12.5 Å². The zero-order valence-corrected chi connectivity index (χ0v) is 28.3. The number of anilines is 1. The number of rotatable bonds is 9. The highest BCUT2D eigenvalue weighted by atomic mass is 32.2. The molecule has 0 spiro atoms. The molecule has 1 fully saturated rings. The van der Waals surface area contributed by atoms with E-state index in [1.54, 1.807) is 7.05 Å². The van der Waals surface area contributed by atoms with Gasteiger partial charge in [-0.1, -0.05) is 19.6 Å². The average molecular weight is 656 g/mol. The molecule has 1 unspecified atom stereocenters. The molecule has 1 atom stereocenters. The van der Waals surface area contributed by atoms with E-state index in [0.29, 0.717) is 12.1 Å². The fraction of sp³-hybridized carbons (Fsp3) is 0.571. The topological polar surface area (TPSA) is 124 Å². The largest absolute Gasteiger partial charge is 0.476 e. The quantitative estimate of drug-likeness (QED) is 0.316. The molecule has 4 heterocycles. The highest BCUT2D eigenvalue weighted by molar-refractivity contribution is 7.90. The number of carbonyl (C=O) groups excluding carboxylic acids is 1. The van der Waals surface area contributed by atoms with E-state index in [-0.39, 0.29) is 33.7 Å². The SMILES string of the molecule is Cc1nn(C)cc1S(=O)(=O)NC(=O)c1ccc(-n2ccc(OCC(C)(C)C(F)(F)F)n2)nc1N1CC([Si](C)(C)C)CC1(C)C. The number of sulfonamides is 1. The molecule has 1 amide bonds. The Hall–Kier alpha value is -3.40. The second-order valence-electron chi connectivity index (χ2n) is 13.7. The molecule has 1 aliphatic heterocycles. The van der Waals surface area contributed by atoms with Gasteiger partial charge in [0.2, 0.25) is 5.88 Å². The second-order valence-corrected chi connectivity index (χ2v) is 20.9. The van der Waals surface area contributed by atoms with Crippen LogP contribution >= 0.6 is 0 Å². The van der Waals surface area contributed by atoms with Crippen LogP contribution in [0.2, 0.25) is 25.2 Å². The second kappa shape index (κ2) is 11.2. The van der Waals surface area contributed by atoms with Crippen LogP contribution in [0.3, 0.4) is 0 Å². The first-order valence-electron chi connectivity index (χ1n) is 14.1. The van der Waals surface area contributed by atoms with Crippen molar-refractivity contribution in [3.8, 4) is 11.7 Å². The molecular formula is C28H40F3N7O4SSi. The maximum absolute atomic E-state index is 13.6. The number of pyridine rings is 1. The van der Waals surface area contributed by atoms with Gasteiger partial charge in [0.25, 0.3) is 15.9 Å². The third kappa shape index (κ3) is 6.80. The lowest BCUT2D eigenvalue weighted by Crippen LogP contribution is -2.41. The first kappa shape index (κ1) is 33.5. The van der Waals surface area contributed by atoms with E-state index in [1.165, 1.54) is 46.9 Å². The summed E-state index contributed by atoms with van der Waals surface area (Å²) in [6.45, 7) is 14.6. The zero-order chi connectivity index (χ0) is 33.0. The minimum Gasteiger partial charge on any atom is -0.476 e. The molecule has 0 saturated carbocycles. The van der Waals surface area contributed by atoms with Crippen LogP contribution in [0.25, 0.3) is 5.82 Å². The van der Waals surface area contributed by atoms with Gasteiger partial charge in [-0.25, -0.2) is 22.8 Å². The molecule has 16 heteroatoms. The number of carbonyl (C=O) groups is 1. The van der Waals surface area contributed by atoms with Crippen molar-refractivity contribution in [1.29, 1.82) is 0 Å². The smallest absolute Gasteiger partial charge is 0.397 e. The Morgan fingerprint density at radius 2 is 1.82 bits per heavy atom. The number of nitrogens with one attached hydrogen (secondary N) is 1. The predicted octanol–water partition coefficient (Wildman–Crippen LogP) is 5.09. The van der Waals surface area contributed by atoms with Crippen molar-refractivity contribution >= 4 is 29.8 Å². The van der Waals surface area contributed by atoms with Gasteiger partial charge in [0.05, 0.1) is 16.7 Å². The van der Waals surface area contributed by atoms with Crippen molar-refractivity contribution in [3.05, 3.63) is 41.9 Å². The number of aromatic nitrogens is 5. The Labute approximate surface area is 256 Å². The molecule has 0 bridgehead atoms. The summed E-state index contributed by atoms with van der Waals surface area (Å²) in [4.78, 5) is 20.3. The number of hydrogen-bond donors (Lipinski definition) is 1. The Morgan fingerprint density at radius 1 is 1.16 bits per heavy atom. The summed E-state index contributed by atoms with van der Waals surface area (Å²) in [5.41, 5.74) is -1.82. The maximum Gasteiger partial charge on any atom is 0.397 e. The van der Waals surface area contributed by atoms with E-state index in [9.17, 15) is 26.4 Å². The molecule has 1 saturated heterocycles. The van der Waals surface area contributed by atoms with E-state index >= 15 is 0 Å². The molecule has 11 nitrogen and oxygen atoms in total. The summed E-state index contributed by atoms with van der Waals surface area (Å²) in [5, 5.41) is 8.32. The molecule has 0 aliphatic carbocycles. The Morgan fingerprint density at radius 3 is 2.36 bits per heavy atom. The van der Waals surface area contributed by atoms with Crippen LogP contribution in [0.15, 0.2) is 35.5 Å². The van der Waals surface area contributed by atoms with Gasteiger partial charge in [-0.3, -0.25) is 9.48 Å². The van der Waals surface area contributed by atoms with E-state index in [1.807, 2.05) is 4.90 Å². The van der Waals surface area contributed by atoms with Gasteiger partial charge < -0.3 is 9.64 Å². The van der Waals surface area contributed by atoms with E-state index in [4.69, 9.17) is 9.72 Å². The first-order chi connectivity index (χ1) is 20.0. The van der Waals surface area contributed by atoms with Crippen LogP contribution in [-0.2, 0) is 17.1 Å². The molecule has 3 aromatic rings. The lowest BCUT2D eigenvalue weighted by Gasteiger charge is -2.34. The number of nitrogens with zero attached hydrogens (tertiary/aromatic N) is 6. The molecule has 0 aromatic carbocycles. The van der Waals surface area contributed by atoms with Gasteiger partial charge in [0, 0.05) is 45.7 Å². The molecular weight excluding hydrogens is 616 g/mol. The summed E-state index contributed by atoms with van der Waals surface area (Å²) >= 11 is 0. The van der Waals surface area contributed by atoms with Gasteiger partial charge >= 0.3 is 6.18 Å². The van der Waals surface area contributed by atoms with Gasteiger partial charge in [0.15, 0.2) is 5.82 Å². The Kier molecular flexibility index (Phi) is 8.52. The van der Waals surface area contributed by atoms with Gasteiger partial charge in [-0.15, -0.1) is 5.10 Å². The van der Waals surface area contributed by atoms with Gasteiger partial charge in [-0.05, 0) is 58.7 Å². The number of amides is 1. The molecule has 0 radical (unpaired) electrons. The van der Waals surface area contributed by atoms with Crippen molar-refractivity contribution in [1.82, 2.24) is 29.3 Å².